The van der Waals surface area contributed by atoms with Crippen molar-refractivity contribution in [3.8, 4) is 5.75 Å². The van der Waals surface area contributed by atoms with Gasteiger partial charge in [-0.15, -0.1) is 0 Å². The molecule has 2 heteroatoms. The van der Waals surface area contributed by atoms with E-state index >= 15 is 0 Å². The Morgan fingerprint density at radius 1 is 1.36 bits per heavy atom. The van der Waals surface area contributed by atoms with E-state index < -0.39 is 0 Å². The third kappa shape index (κ3) is 1.21. The van der Waals surface area contributed by atoms with Gasteiger partial charge < -0.3 is 4.89 Å². The zero-order valence-electron chi connectivity index (χ0n) is 6.17. The van der Waals surface area contributed by atoms with Crippen molar-refractivity contribution in [3.63, 3.8) is 0 Å². The quantitative estimate of drug-likeness (QED) is 0.523. The van der Waals surface area contributed by atoms with Gasteiger partial charge in [0.25, 0.3) is 0 Å². The zero-order valence-corrected chi connectivity index (χ0v) is 6.17. The van der Waals surface area contributed by atoms with Crippen LogP contribution in [0, 0.1) is 6.92 Å². The monoisotopic (exact) mass is 149 g/mol. The molecular weight excluding hydrogens is 140 g/mol. The number of benzene rings is 1. The van der Waals surface area contributed by atoms with Crippen LogP contribution in [0.5, 0.6) is 5.75 Å². The fourth-order valence-corrected chi connectivity index (χ4v) is 1.17. The van der Waals surface area contributed by atoms with Crippen LogP contribution in [0.25, 0.3) is 0 Å². The van der Waals surface area contributed by atoms with Gasteiger partial charge in [-0.3, -0.25) is 0 Å². The van der Waals surface area contributed by atoms with Gasteiger partial charge in [-0.25, -0.2) is 0 Å². The van der Waals surface area contributed by atoms with Crippen molar-refractivity contribution >= 4 is 0 Å². The topological polar surface area (TPSA) is 18.5 Å². The van der Waals surface area contributed by atoms with E-state index in [0.717, 1.165) is 17.7 Å². The van der Waals surface area contributed by atoms with Gasteiger partial charge in [0.1, 0.15) is 0 Å². The number of fused-ring (bicyclic) bond motifs is 1. The molecule has 0 bridgehead atoms. The molecular formula is C9H9O2. The molecule has 0 atom stereocenters. The summed E-state index contributed by atoms with van der Waals surface area (Å²) in [5.41, 5.74) is 2.21. The van der Waals surface area contributed by atoms with Crippen LogP contribution in [0.15, 0.2) is 18.2 Å². The van der Waals surface area contributed by atoms with Gasteiger partial charge in [0, 0.05) is 12.0 Å². The first-order valence-corrected chi connectivity index (χ1v) is 3.60. The maximum Gasteiger partial charge on any atom is 0.168 e. The number of rotatable bonds is 0. The van der Waals surface area contributed by atoms with Gasteiger partial charge in [-0.05, 0) is 18.6 Å². The third-order valence-corrected chi connectivity index (χ3v) is 1.73. The summed E-state index contributed by atoms with van der Waals surface area (Å²) in [6, 6.07) is 5.82. The van der Waals surface area contributed by atoms with E-state index in [4.69, 9.17) is 9.78 Å². The molecule has 2 rings (SSSR count). The van der Waals surface area contributed by atoms with Crippen molar-refractivity contribution in [1.29, 1.82) is 0 Å². The van der Waals surface area contributed by atoms with Crippen molar-refractivity contribution in [1.82, 2.24) is 0 Å². The van der Waals surface area contributed by atoms with Crippen molar-refractivity contribution < 1.29 is 9.78 Å². The fraction of sp³-hybridized carbons (Fsp3) is 0.222. The Kier molecular flexibility index (Phi) is 1.55. The Labute approximate surface area is 65.7 Å². The summed E-state index contributed by atoms with van der Waals surface area (Å²) in [6.07, 6.45) is 0.915. The molecule has 0 amide bonds. The van der Waals surface area contributed by atoms with Gasteiger partial charge in [0.05, 0.1) is 6.61 Å². The number of hydrogen-bond donors (Lipinski definition) is 0. The van der Waals surface area contributed by atoms with Crippen LogP contribution in [0.4, 0.5) is 0 Å². The Hall–Kier alpha value is -1.02. The molecule has 57 valence electrons. The van der Waals surface area contributed by atoms with Crippen molar-refractivity contribution in [2.45, 2.75) is 6.42 Å². The second kappa shape index (κ2) is 2.55. The molecule has 0 unspecified atom stereocenters. The molecule has 11 heavy (non-hydrogen) atoms. The molecule has 1 heterocycles. The van der Waals surface area contributed by atoms with Crippen LogP contribution in [0.1, 0.15) is 11.1 Å². The average molecular weight is 149 g/mol. The molecule has 1 aromatic rings. The predicted octanol–water partition coefficient (Wildman–Crippen LogP) is 1.74. The van der Waals surface area contributed by atoms with E-state index in [2.05, 4.69) is 6.92 Å². The summed E-state index contributed by atoms with van der Waals surface area (Å²) in [5, 5.41) is 0. The maximum absolute atomic E-state index is 4.95. The molecule has 1 aliphatic rings. The lowest BCUT2D eigenvalue weighted by Crippen LogP contribution is -2.10. The molecule has 0 saturated carbocycles. The van der Waals surface area contributed by atoms with Crippen LogP contribution in [-0.4, -0.2) is 6.61 Å². The molecule has 0 fully saturated rings. The van der Waals surface area contributed by atoms with Crippen LogP contribution in [0.2, 0.25) is 0 Å². The molecule has 1 radical (unpaired) electrons. The van der Waals surface area contributed by atoms with Gasteiger partial charge in [-0.2, -0.15) is 4.89 Å². The van der Waals surface area contributed by atoms with Gasteiger partial charge in [-0.1, -0.05) is 12.1 Å². The van der Waals surface area contributed by atoms with Crippen molar-refractivity contribution in [3.05, 3.63) is 36.2 Å². The second-order valence-electron chi connectivity index (χ2n) is 2.60. The minimum Gasteiger partial charge on any atom is -0.337 e. The van der Waals surface area contributed by atoms with Crippen LogP contribution >= 0.6 is 0 Å². The molecule has 1 aromatic carbocycles. The first-order chi connectivity index (χ1) is 5.36. The molecule has 2 nitrogen and oxygen atoms in total. The summed E-state index contributed by atoms with van der Waals surface area (Å²) in [5.74, 6) is 0.823. The SMILES string of the molecule is [CH2]c1ccc2c(c1)CCOO2. The first kappa shape index (κ1) is 6.68. The van der Waals surface area contributed by atoms with E-state index in [1.807, 2.05) is 18.2 Å². The Balaban J connectivity index is 2.43. The van der Waals surface area contributed by atoms with Crippen LogP contribution in [-0.2, 0) is 11.3 Å². The summed E-state index contributed by atoms with van der Waals surface area (Å²) >= 11 is 0. The summed E-state index contributed by atoms with van der Waals surface area (Å²) in [4.78, 5) is 9.77. The first-order valence-electron chi connectivity index (χ1n) is 3.60. The van der Waals surface area contributed by atoms with Gasteiger partial charge in [0.15, 0.2) is 5.75 Å². The number of hydrogen-bond acceptors (Lipinski definition) is 2. The zero-order chi connectivity index (χ0) is 7.68. The average Bonchev–Trinajstić information content (AvgIpc) is 2.04. The van der Waals surface area contributed by atoms with Crippen LogP contribution < -0.4 is 4.89 Å². The van der Waals surface area contributed by atoms with Gasteiger partial charge >= 0.3 is 0 Å². The second-order valence-corrected chi connectivity index (χ2v) is 2.60. The van der Waals surface area contributed by atoms with Crippen molar-refractivity contribution in [2.75, 3.05) is 6.61 Å². The molecule has 0 N–H and O–H groups in total. The standard InChI is InChI=1S/C9H9O2/c1-7-2-3-9-8(6-7)4-5-10-11-9/h2-3,6H,1,4-5H2. The van der Waals surface area contributed by atoms with E-state index in [9.17, 15) is 0 Å². The largest absolute Gasteiger partial charge is 0.337 e. The Morgan fingerprint density at radius 3 is 3.18 bits per heavy atom. The fourth-order valence-electron chi connectivity index (χ4n) is 1.17. The highest BCUT2D eigenvalue weighted by Gasteiger charge is 2.10. The summed E-state index contributed by atoms with van der Waals surface area (Å²) < 4.78 is 0. The minimum atomic E-state index is 0.635. The van der Waals surface area contributed by atoms with E-state index in [1.165, 1.54) is 5.56 Å². The smallest absolute Gasteiger partial charge is 0.168 e. The highest BCUT2D eigenvalue weighted by Crippen LogP contribution is 2.23. The van der Waals surface area contributed by atoms with Gasteiger partial charge in [0.2, 0.25) is 0 Å². The molecule has 0 spiro atoms. The molecule has 0 aliphatic carbocycles. The third-order valence-electron chi connectivity index (χ3n) is 1.73. The minimum absolute atomic E-state index is 0.635. The maximum atomic E-state index is 4.95. The summed E-state index contributed by atoms with van der Waals surface area (Å²) in [6.45, 7) is 4.47. The lowest BCUT2D eigenvalue weighted by Gasteiger charge is -2.15. The molecule has 0 saturated heterocycles. The van der Waals surface area contributed by atoms with Crippen molar-refractivity contribution in [2.24, 2.45) is 0 Å². The Bertz CT molecular complexity index is 268. The predicted molar refractivity (Wildman–Crippen MR) is 41.2 cm³/mol. The Morgan fingerprint density at radius 2 is 2.27 bits per heavy atom. The van der Waals surface area contributed by atoms with E-state index in [0.29, 0.717) is 6.61 Å². The van der Waals surface area contributed by atoms with Crippen LogP contribution in [0.3, 0.4) is 0 Å². The van der Waals surface area contributed by atoms with E-state index in [1.54, 1.807) is 0 Å². The lowest BCUT2D eigenvalue weighted by molar-refractivity contribution is -0.215. The highest BCUT2D eigenvalue weighted by molar-refractivity contribution is 5.38. The lowest BCUT2D eigenvalue weighted by atomic mass is 10.1. The highest BCUT2D eigenvalue weighted by atomic mass is 17.2. The van der Waals surface area contributed by atoms with E-state index in [-0.39, 0.29) is 0 Å². The molecule has 1 aliphatic heterocycles. The summed E-state index contributed by atoms with van der Waals surface area (Å²) in [7, 11) is 0. The molecule has 0 aromatic heterocycles. The normalized spacial score (nSPS) is 15.4.